The third-order valence-electron chi connectivity index (χ3n) is 6.03. The van der Waals surface area contributed by atoms with Crippen LogP contribution in [-0.2, 0) is 14.3 Å². The van der Waals surface area contributed by atoms with E-state index >= 15 is 0 Å². The van der Waals surface area contributed by atoms with E-state index in [0.29, 0.717) is 31.7 Å². The van der Waals surface area contributed by atoms with Crippen molar-refractivity contribution in [2.24, 2.45) is 0 Å². The highest BCUT2D eigenvalue weighted by atomic mass is 19.1. The van der Waals surface area contributed by atoms with E-state index in [9.17, 15) is 19.1 Å². The van der Waals surface area contributed by atoms with Gasteiger partial charge in [0.1, 0.15) is 11.6 Å². The fourth-order valence-electron chi connectivity index (χ4n) is 4.26. The molecule has 2 fully saturated rings. The van der Waals surface area contributed by atoms with Crippen LogP contribution in [0.25, 0.3) is 5.76 Å². The van der Waals surface area contributed by atoms with Crippen LogP contribution in [0.3, 0.4) is 0 Å². The lowest BCUT2D eigenvalue weighted by Crippen LogP contribution is -2.38. The molecule has 0 aliphatic carbocycles. The number of hydrogen-bond donors (Lipinski definition) is 1. The summed E-state index contributed by atoms with van der Waals surface area (Å²) in [4.78, 5) is 29.8. The monoisotopic (exact) mass is 438 g/mol. The Bertz CT molecular complexity index is 1010. The molecular formula is C25H27FN2O4. The Kier molecular flexibility index (Phi) is 6.67. The van der Waals surface area contributed by atoms with E-state index in [4.69, 9.17) is 4.74 Å². The Morgan fingerprint density at radius 1 is 1.03 bits per heavy atom. The molecule has 2 aromatic rings. The number of ether oxygens (including phenoxy) is 1. The van der Waals surface area contributed by atoms with E-state index in [2.05, 4.69) is 4.90 Å². The number of aliphatic hydroxyl groups is 1. The largest absolute Gasteiger partial charge is 0.507 e. The summed E-state index contributed by atoms with van der Waals surface area (Å²) in [5, 5.41) is 11.0. The quantitative estimate of drug-likeness (QED) is 0.426. The number of aliphatic hydroxyl groups excluding tert-OH is 1. The predicted molar refractivity (Wildman–Crippen MR) is 118 cm³/mol. The maximum atomic E-state index is 13.4. The standard InChI is InChI=1S/C25H27FN2O4/c1-17-3-5-18(6-4-17)22-21(23(29)19-7-9-20(26)10-8-19)24(30)25(31)28(22)12-2-11-27-13-15-32-16-14-27/h3-10,22,29H,2,11-16H2,1H3/t22-/m1/s1. The van der Waals surface area contributed by atoms with Gasteiger partial charge in [0.25, 0.3) is 11.7 Å². The van der Waals surface area contributed by atoms with Crippen LogP contribution in [0.15, 0.2) is 54.1 Å². The number of Topliss-reactive ketones (excluding diaryl/α,β-unsaturated/α-hetero) is 1. The summed E-state index contributed by atoms with van der Waals surface area (Å²) in [6, 6.07) is 12.1. The normalized spacial score (nSPS) is 21.3. The molecule has 2 aliphatic rings. The topological polar surface area (TPSA) is 70.1 Å². The predicted octanol–water partition coefficient (Wildman–Crippen LogP) is 3.28. The summed E-state index contributed by atoms with van der Waals surface area (Å²) < 4.78 is 18.7. The van der Waals surface area contributed by atoms with Crippen molar-refractivity contribution in [1.29, 1.82) is 0 Å². The van der Waals surface area contributed by atoms with Gasteiger partial charge in [-0.25, -0.2) is 4.39 Å². The summed E-state index contributed by atoms with van der Waals surface area (Å²) in [5.41, 5.74) is 2.15. The molecule has 0 spiro atoms. The number of rotatable bonds is 6. The SMILES string of the molecule is Cc1ccc([C@@H]2C(=C(O)c3ccc(F)cc3)C(=O)C(=O)N2CCCN2CCOCC2)cc1. The third kappa shape index (κ3) is 4.59. The minimum Gasteiger partial charge on any atom is -0.507 e. The first-order valence-electron chi connectivity index (χ1n) is 10.9. The molecule has 2 saturated heterocycles. The molecule has 0 aromatic heterocycles. The number of aryl methyl sites for hydroxylation is 1. The molecule has 1 amide bonds. The minimum atomic E-state index is -0.719. The van der Waals surface area contributed by atoms with Crippen LogP contribution in [0.2, 0.25) is 0 Å². The second-order valence-corrected chi connectivity index (χ2v) is 8.22. The molecule has 0 saturated carbocycles. The number of likely N-dealkylation sites (tertiary alicyclic amines) is 1. The van der Waals surface area contributed by atoms with Crippen LogP contribution in [0.1, 0.15) is 29.2 Å². The highest BCUT2D eigenvalue weighted by molar-refractivity contribution is 6.46. The lowest BCUT2D eigenvalue weighted by molar-refractivity contribution is -0.140. The van der Waals surface area contributed by atoms with E-state index in [-0.39, 0.29) is 11.3 Å². The first-order chi connectivity index (χ1) is 15.5. The van der Waals surface area contributed by atoms with Crippen molar-refractivity contribution in [2.75, 3.05) is 39.4 Å². The van der Waals surface area contributed by atoms with E-state index in [1.54, 1.807) is 4.90 Å². The molecule has 1 atom stereocenters. The van der Waals surface area contributed by atoms with E-state index in [0.717, 1.165) is 30.8 Å². The molecule has 2 heterocycles. The van der Waals surface area contributed by atoms with Gasteiger partial charge >= 0.3 is 0 Å². The fraction of sp³-hybridized carbons (Fsp3) is 0.360. The number of morpholine rings is 1. The number of nitrogens with zero attached hydrogens (tertiary/aromatic N) is 2. The van der Waals surface area contributed by atoms with Crippen LogP contribution in [0.4, 0.5) is 4.39 Å². The fourth-order valence-corrected chi connectivity index (χ4v) is 4.26. The number of carbonyl (C=O) groups excluding carboxylic acids is 2. The maximum Gasteiger partial charge on any atom is 0.295 e. The van der Waals surface area contributed by atoms with Crippen LogP contribution < -0.4 is 0 Å². The van der Waals surface area contributed by atoms with Gasteiger partial charge in [-0.2, -0.15) is 0 Å². The summed E-state index contributed by atoms with van der Waals surface area (Å²) in [5.74, 6) is -2.07. The van der Waals surface area contributed by atoms with Crippen LogP contribution in [0, 0.1) is 12.7 Å². The van der Waals surface area contributed by atoms with Crippen molar-refractivity contribution < 1.29 is 23.8 Å². The molecule has 7 heteroatoms. The van der Waals surface area contributed by atoms with E-state index in [1.165, 1.54) is 24.3 Å². The van der Waals surface area contributed by atoms with Gasteiger partial charge in [0, 0.05) is 31.7 Å². The Balaban J connectivity index is 1.66. The van der Waals surface area contributed by atoms with Gasteiger partial charge < -0.3 is 14.7 Å². The van der Waals surface area contributed by atoms with Gasteiger partial charge in [-0.05, 0) is 43.2 Å². The molecule has 168 valence electrons. The highest BCUT2D eigenvalue weighted by Gasteiger charge is 2.45. The van der Waals surface area contributed by atoms with Gasteiger partial charge in [-0.15, -0.1) is 0 Å². The van der Waals surface area contributed by atoms with Crippen LogP contribution in [-0.4, -0.2) is 66.0 Å². The van der Waals surface area contributed by atoms with Crippen LogP contribution in [0.5, 0.6) is 0 Å². The molecule has 32 heavy (non-hydrogen) atoms. The first kappa shape index (κ1) is 22.2. The van der Waals surface area contributed by atoms with Gasteiger partial charge in [-0.3, -0.25) is 14.5 Å². The summed E-state index contributed by atoms with van der Waals surface area (Å²) in [6.45, 7) is 6.25. The number of hydrogen-bond acceptors (Lipinski definition) is 5. The Labute approximate surface area is 186 Å². The average molecular weight is 438 g/mol. The van der Waals surface area contributed by atoms with Crippen molar-refractivity contribution in [1.82, 2.24) is 9.80 Å². The maximum absolute atomic E-state index is 13.4. The van der Waals surface area contributed by atoms with Gasteiger partial charge in [0.05, 0.1) is 24.8 Å². The Morgan fingerprint density at radius 2 is 1.69 bits per heavy atom. The lowest BCUT2D eigenvalue weighted by Gasteiger charge is -2.29. The zero-order valence-electron chi connectivity index (χ0n) is 18.1. The van der Waals surface area contributed by atoms with Crippen molar-refractivity contribution in [3.8, 4) is 0 Å². The number of halogens is 1. The molecule has 1 N–H and O–H groups in total. The smallest absolute Gasteiger partial charge is 0.295 e. The number of amides is 1. The van der Waals surface area contributed by atoms with E-state index in [1.807, 2.05) is 31.2 Å². The summed E-state index contributed by atoms with van der Waals surface area (Å²) in [6.07, 6.45) is 0.700. The number of ketones is 1. The van der Waals surface area contributed by atoms with Gasteiger partial charge in [0.2, 0.25) is 0 Å². The molecule has 0 radical (unpaired) electrons. The van der Waals surface area contributed by atoms with Gasteiger partial charge in [0.15, 0.2) is 0 Å². The van der Waals surface area contributed by atoms with Crippen molar-refractivity contribution in [2.45, 2.75) is 19.4 Å². The third-order valence-corrected chi connectivity index (χ3v) is 6.03. The first-order valence-corrected chi connectivity index (χ1v) is 10.9. The Hall–Kier alpha value is -3.03. The molecule has 2 aromatic carbocycles. The van der Waals surface area contributed by atoms with Crippen LogP contribution >= 0.6 is 0 Å². The molecule has 0 bridgehead atoms. The molecule has 6 nitrogen and oxygen atoms in total. The highest BCUT2D eigenvalue weighted by Crippen LogP contribution is 2.39. The zero-order valence-corrected chi connectivity index (χ0v) is 18.1. The molecule has 0 unspecified atom stereocenters. The summed E-state index contributed by atoms with van der Waals surface area (Å²) >= 11 is 0. The molecular weight excluding hydrogens is 411 g/mol. The van der Waals surface area contributed by atoms with Gasteiger partial charge in [-0.1, -0.05) is 29.8 Å². The second-order valence-electron chi connectivity index (χ2n) is 8.22. The van der Waals surface area contributed by atoms with Crippen molar-refractivity contribution in [3.63, 3.8) is 0 Å². The second kappa shape index (κ2) is 9.63. The number of carbonyl (C=O) groups is 2. The average Bonchev–Trinajstić information content (AvgIpc) is 3.05. The summed E-state index contributed by atoms with van der Waals surface area (Å²) in [7, 11) is 0. The van der Waals surface area contributed by atoms with E-state index < -0.39 is 23.5 Å². The molecule has 2 aliphatic heterocycles. The Morgan fingerprint density at radius 3 is 2.34 bits per heavy atom. The zero-order chi connectivity index (χ0) is 22.7. The lowest BCUT2D eigenvalue weighted by atomic mass is 9.94. The van der Waals surface area contributed by atoms with Crippen molar-refractivity contribution in [3.05, 3.63) is 76.6 Å². The van der Waals surface area contributed by atoms with Crippen molar-refractivity contribution >= 4 is 17.4 Å². The number of benzene rings is 2. The molecule has 4 rings (SSSR count). The minimum absolute atomic E-state index is 0.0387.